The fraction of sp³-hybridized carbons (Fsp3) is 0.964. The van der Waals surface area contributed by atoms with E-state index in [1.165, 1.54) is 7.11 Å². The summed E-state index contributed by atoms with van der Waals surface area (Å²) < 4.78 is 41.4. The normalized spacial score (nSPS) is 44.4. The van der Waals surface area contributed by atoms with Crippen LogP contribution in [0.25, 0.3) is 0 Å². The summed E-state index contributed by atoms with van der Waals surface area (Å²) in [5.41, 5.74) is -0.0843. The Balaban J connectivity index is 1.59. The van der Waals surface area contributed by atoms with Crippen LogP contribution >= 0.6 is 0 Å². The highest BCUT2D eigenvalue weighted by Gasteiger charge is 2.63. The lowest BCUT2D eigenvalue weighted by molar-refractivity contribution is -0.222. The molecule has 0 aliphatic heterocycles. The van der Waals surface area contributed by atoms with E-state index in [4.69, 9.17) is 9.47 Å². The molecular formula is C28H46F2O4. The topological polar surface area (TPSA) is 55.8 Å². The summed E-state index contributed by atoms with van der Waals surface area (Å²) >= 11 is 0. The quantitative estimate of drug-likeness (QED) is 0.444. The van der Waals surface area contributed by atoms with Crippen LogP contribution < -0.4 is 0 Å². The molecule has 0 bridgehead atoms. The molecule has 0 unspecified atom stereocenters. The van der Waals surface area contributed by atoms with E-state index in [0.717, 1.165) is 38.5 Å². The van der Waals surface area contributed by atoms with Crippen molar-refractivity contribution >= 4 is 5.78 Å². The number of aliphatic hydroxyl groups excluding tert-OH is 1. The molecule has 4 nitrogen and oxygen atoms in total. The maximum absolute atomic E-state index is 15.3. The molecule has 4 rings (SSSR count). The second-order valence-corrected chi connectivity index (χ2v) is 12.9. The third-order valence-electron chi connectivity index (χ3n) is 11.1. The number of methoxy groups -OCH3 is 1. The van der Waals surface area contributed by atoms with Crippen LogP contribution in [-0.4, -0.2) is 42.9 Å². The van der Waals surface area contributed by atoms with E-state index in [0.29, 0.717) is 36.4 Å². The third-order valence-corrected chi connectivity index (χ3v) is 11.1. The number of Topliss-reactive ketones (excluding diaryl/α,β-unsaturated/α-hetero) is 1. The van der Waals surface area contributed by atoms with Gasteiger partial charge in [0.05, 0.1) is 6.10 Å². The Morgan fingerprint density at radius 2 is 1.71 bits per heavy atom. The number of carbonyl (C=O) groups excluding carboxylic acids is 1. The largest absolute Gasteiger partial charge is 0.393 e. The standard InChI is InChI=1S/C28H46F2O4/c1-16(2)28(29,30)25(34-15-33-6)17(3)20-7-8-21-19-14-24(32)23-13-18(31)9-11-27(23,5)22(19)10-12-26(20,21)4/h16-23,25,31H,7-15H2,1-6H3/t17-,18+,19-,20+,21-,22-,23-,25+,26+,27+/m0/s1. The van der Waals surface area contributed by atoms with Crippen molar-refractivity contribution in [3.8, 4) is 0 Å². The molecule has 0 aromatic carbocycles. The van der Waals surface area contributed by atoms with Crippen LogP contribution in [0.2, 0.25) is 0 Å². The van der Waals surface area contributed by atoms with E-state index in [1.54, 1.807) is 13.8 Å². The summed E-state index contributed by atoms with van der Waals surface area (Å²) in [6.45, 7) is 9.56. The van der Waals surface area contributed by atoms with Gasteiger partial charge in [0, 0.05) is 25.4 Å². The van der Waals surface area contributed by atoms with Crippen molar-refractivity contribution in [1.29, 1.82) is 0 Å². The van der Waals surface area contributed by atoms with Gasteiger partial charge in [-0.2, -0.15) is 0 Å². The zero-order chi connectivity index (χ0) is 25.1. The first-order valence-electron chi connectivity index (χ1n) is 13.6. The van der Waals surface area contributed by atoms with Gasteiger partial charge in [-0.3, -0.25) is 4.79 Å². The molecule has 1 N–H and O–H groups in total. The fourth-order valence-corrected chi connectivity index (χ4v) is 9.22. The molecule has 4 saturated carbocycles. The first-order chi connectivity index (χ1) is 15.9. The molecule has 0 spiro atoms. The summed E-state index contributed by atoms with van der Waals surface area (Å²) in [6, 6.07) is 0. The van der Waals surface area contributed by atoms with E-state index >= 15 is 8.78 Å². The molecule has 0 heterocycles. The number of fused-ring (bicyclic) bond motifs is 5. The molecular weight excluding hydrogens is 438 g/mol. The average Bonchev–Trinajstić information content (AvgIpc) is 3.12. The molecule has 4 aliphatic carbocycles. The van der Waals surface area contributed by atoms with Gasteiger partial charge < -0.3 is 14.6 Å². The number of hydrogen-bond acceptors (Lipinski definition) is 4. The minimum Gasteiger partial charge on any atom is -0.393 e. The van der Waals surface area contributed by atoms with Gasteiger partial charge in [0.15, 0.2) is 0 Å². The minimum absolute atomic E-state index is 0.0189. The molecule has 0 aromatic rings. The molecule has 6 heteroatoms. The number of aliphatic hydroxyl groups is 1. The highest BCUT2D eigenvalue weighted by atomic mass is 19.3. The first-order valence-corrected chi connectivity index (χ1v) is 13.6. The maximum atomic E-state index is 15.3. The molecule has 4 fully saturated rings. The highest BCUT2D eigenvalue weighted by Crippen LogP contribution is 2.68. The Bertz CT molecular complexity index is 757. The zero-order valence-corrected chi connectivity index (χ0v) is 22.0. The predicted molar refractivity (Wildman–Crippen MR) is 127 cm³/mol. The smallest absolute Gasteiger partial charge is 0.276 e. The van der Waals surface area contributed by atoms with Crippen LogP contribution in [0.5, 0.6) is 0 Å². The Hall–Kier alpha value is -0.590. The molecule has 0 radical (unpaired) electrons. The van der Waals surface area contributed by atoms with Crippen molar-refractivity contribution in [3.05, 3.63) is 0 Å². The zero-order valence-electron chi connectivity index (χ0n) is 22.0. The van der Waals surface area contributed by atoms with Crippen LogP contribution in [0.3, 0.4) is 0 Å². The van der Waals surface area contributed by atoms with E-state index in [9.17, 15) is 9.90 Å². The highest BCUT2D eigenvalue weighted by molar-refractivity contribution is 5.83. The fourth-order valence-electron chi connectivity index (χ4n) is 9.22. The number of carbonyl (C=O) groups is 1. The first kappa shape index (κ1) is 26.5. The van der Waals surface area contributed by atoms with Crippen LogP contribution in [0, 0.1) is 52.3 Å². The second kappa shape index (κ2) is 9.37. The Kier molecular flexibility index (Phi) is 7.30. The van der Waals surface area contributed by atoms with Gasteiger partial charge in [-0.25, -0.2) is 8.78 Å². The van der Waals surface area contributed by atoms with E-state index < -0.39 is 17.9 Å². The molecule has 10 atom stereocenters. The van der Waals surface area contributed by atoms with Gasteiger partial charge in [-0.15, -0.1) is 0 Å². The monoisotopic (exact) mass is 484 g/mol. The maximum Gasteiger partial charge on any atom is 0.276 e. The van der Waals surface area contributed by atoms with Gasteiger partial charge in [0.1, 0.15) is 18.7 Å². The van der Waals surface area contributed by atoms with Gasteiger partial charge >= 0.3 is 0 Å². The Morgan fingerprint density at radius 3 is 2.35 bits per heavy atom. The van der Waals surface area contributed by atoms with Crippen molar-refractivity contribution < 1.29 is 28.2 Å². The number of hydrogen-bond donors (Lipinski definition) is 1. The number of halogens is 2. The van der Waals surface area contributed by atoms with E-state index in [2.05, 4.69) is 13.8 Å². The summed E-state index contributed by atoms with van der Waals surface area (Å²) in [5, 5.41) is 10.2. The third kappa shape index (κ3) is 4.08. The number of alkyl halides is 2. The lowest BCUT2D eigenvalue weighted by atomic mass is 9.44. The van der Waals surface area contributed by atoms with Crippen LogP contribution in [0.1, 0.15) is 86.0 Å². The van der Waals surface area contributed by atoms with Crippen LogP contribution in [-0.2, 0) is 14.3 Å². The number of ether oxygens (including phenoxy) is 2. The summed E-state index contributed by atoms with van der Waals surface area (Å²) in [5.74, 6) is -2.38. The molecule has 196 valence electrons. The van der Waals surface area contributed by atoms with Gasteiger partial charge in [-0.05, 0) is 85.4 Å². The molecule has 4 aliphatic rings. The minimum atomic E-state index is -2.94. The Labute approximate surface area is 204 Å². The average molecular weight is 485 g/mol. The van der Waals surface area contributed by atoms with Crippen molar-refractivity contribution in [2.24, 2.45) is 52.3 Å². The van der Waals surface area contributed by atoms with Crippen LogP contribution in [0.4, 0.5) is 8.78 Å². The van der Waals surface area contributed by atoms with Crippen molar-refractivity contribution in [3.63, 3.8) is 0 Å². The van der Waals surface area contributed by atoms with Crippen molar-refractivity contribution in [2.45, 2.75) is 104 Å². The molecule has 34 heavy (non-hydrogen) atoms. The summed E-state index contributed by atoms with van der Waals surface area (Å²) in [4.78, 5) is 13.3. The van der Waals surface area contributed by atoms with Gasteiger partial charge in [0.2, 0.25) is 0 Å². The number of rotatable bonds is 7. The van der Waals surface area contributed by atoms with Crippen LogP contribution in [0.15, 0.2) is 0 Å². The van der Waals surface area contributed by atoms with Gasteiger partial charge in [-0.1, -0.05) is 34.6 Å². The lowest BCUT2D eigenvalue weighted by Crippen LogP contribution is -2.57. The molecule has 0 aromatic heterocycles. The van der Waals surface area contributed by atoms with E-state index in [1.807, 2.05) is 6.92 Å². The second-order valence-electron chi connectivity index (χ2n) is 12.9. The molecule has 0 amide bonds. The van der Waals surface area contributed by atoms with E-state index in [-0.39, 0.29) is 41.5 Å². The van der Waals surface area contributed by atoms with Crippen molar-refractivity contribution in [1.82, 2.24) is 0 Å². The predicted octanol–water partition coefficient (Wildman–Crippen LogP) is 6.10. The van der Waals surface area contributed by atoms with Crippen molar-refractivity contribution in [2.75, 3.05) is 13.9 Å². The number of ketones is 1. The lowest BCUT2D eigenvalue weighted by Gasteiger charge is -2.60. The SMILES string of the molecule is COCO[C@H]([C@@H](C)[C@H]1CC[C@H]2[C@@H]3CC(=O)[C@@H]4C[C@H](O)CC[C@]4(C)[C@H]3CC[C@]12C)C(F)(F)C(C)C. The Morgan fingerprint density at radius 1 is 1.06 bits per heavy atom. The molecule has 0 saturated heterocycles. The van der Waals surface area contributed by atoms with Gasteiger partial charge in [0.25, 0.3) is 5.92 Å². The summed E-state index contributed by atoms with van der Waals surface area (Å²) in [7, 11) is 1.47. The summed E-state index contributed by atoms with van der Waals surface area (Å²) in [6.07, 6.45) is 5.40.